The summed E-state index contributed by atoms with van der Waals surface area (Å²) >= 11 is 5.83. The van der Waals surface area contributed by atoms with Gasteiger partial charge in [-0.25, -0.2) is 8.42 Å². The van der Waals surface area contributed by atoms with Gasteiger partial charge in [-0.15, -0.1) is 0 Å². The topological polar surface area (TPSA) is 66.5 Å². The van der Waals surface area contributed by atoms with Crippen molar-refractivity contribution in [3.8, 4) is 0 Å². The van der Waals surface area contributed by atoms with Gasteiger partial charge in [0.2, 0.25) is 15.9 Å². The highest BCUT2D eigenvalue weighted by molar-refractivity contribution is 7.88. The van der Waals surface area contributed by atoms with Gasteiger partial charge >= 0.3 is 0 Å². The molecule has 0 atom stereocenters. The van der Waals surface area contributed by atoms with Crippen LogP contribution in [0.5, 0.6) is 0 Å². The Hall–Kier alpha value is -1.89. The lowest BCUT2D eigenvalue weighted by Gasteiger charge is -2.20. The molecule has 26 heavy (non-hydrogen) atoms. The summed E-state index contributed by atoms with van der Waals surface area (Å²) in [6.45, 7) is 2.73. The zero-order valence-electron chi connectivity index (χ0n) is 14.9. The van der Waals surface area contributed by atoms with Crippen molar-refractivity contribution in [3.05, 3.63) is 70.2 Å². The first-order valence-electron chi connectivity index (χ1n) is 8.26. The summed E-state index contributed by atoms with van der Waals surface area (Å²) in [5.74, 6) is -0.196. The van der Waals surface area contributed by atoms with E-state index in [1.54, 1.807) is 12.1 Å². The number of nitrogens with one attached hydrogen (secondary N) is 1. The van der Waals surface area contributed by atoms with Gasteiger partial charge in [0.05, 0.1) is 6.26 Å². The molecule has 0 saturated carbocycles. The summed E-state index contributed by atoms with van der Waals surface area (Å²) in [5.41, 5.74) is 2.90. The molecule has 1 amide bonds. The molecule has 2 aromatic carbocycles. The number of nitrogens with zero attached hydrogens (tertiary/aromatic N) is 1. The molecule has 0 heterocycles. The maximum absolute atomic E-state index is 12.1. The molecule has 140 valence electrons. The van der Waals surface area contributed by atoms with Crippen LogP contribution in [0.1, 0.15) is 23.1 Å². The Morgan fingerprint density at radius 3 is 2.42 bits per heavy atom. The van der Waals surface area contributed by atoms with Crippen molar-refractivity contribution >= 4 is 27.5 Å². The highest BCUT2D eigenvalue weighted by atomic mass is 35.5. The minimum atomic E-state index is -3.40. The Morgan fingerprint density at radius 2 is 1.81 bits per heavy atom. The zero-order chi connectivity index (χ0) is 19.2. The van der Waals surface area contributed by atoms with Crippen molar-refractivity contribution < 1.29 is 13.2 Å². The van der Waals surface area contributed by atoms with E-state index < -0.39 is 10.0 Å². The lowest BCUT2D eigenvalue weighted by Crippen LogP contribution is -2.34. The first kappa shape index (κ1) is 20.4. The second-order valence-corrected chi connectivity index (χ2v) is 8.66. The number of hydrogen-bond donors (Lipinski definition) is 1. The van der Waals surface area contributed by atoms with Gasteiger partial charge < -0.3 is 5.32 Å². The molecule has 5 nitrogen and oxygen atoms in total. The highest BCUT2D eigenvalue weighted by Gasteiger charge is 2.18. The predicted molar refractivity (Wildman–Crippen MR) is 104 cm³/mol. The fourth-order valence-electron chi connectivity index (χ4n) is 2.49. The summed E-state index contributed by atoms with van der Waals surface area (Å²) in [6.07, 6.45) is 1.26. The van der Waals surface area contributed by atoms with Crippen molar-refractivity contribution in [1.82, 2.24) is 9.62 Å². The molecule has 0 radical (unpaired) electrons. The Balaban J connectivity index is 1.90. The van der Waals surface area contributed by atoms with Crippen molar-refractivity contribution in [2.24, 2.45) is 0 Å². The molecule has 2 aromatic rings. The summed E-state index contributed by atoms with van der Waals surface area (Å²) in [4.78, 5) is 12.1. The molecular formula is C19H23ClN2O3S. The van der Waals surface area contributed by atoms with Crippen LogP contribution in [-0.2, 0) is 27.9 Å². The SMILES string of the molecule is Cc1cccc(CN(CCC(=O)NCc2ccc(Cl)cc2)S(C)(=O)=O)c1. The van der Waals surface area contributed by atoms with Gasteiger partial charge in [0.25, 0.3) is 0 Å². The Kier molecular flexibility index (Phi) is 7.20. The van der Waals surface area contributed by atoms with Gasteiger partial charge in [-0.2, -0.15) is 4.31 Å². The molecule has 0 saturated heterocycles. The van der Waals surface area contributed by atoms with Gasteiger partial charge in [-0.1, -0.05) is 53.6 Å². The molecule has 0 fully saturated rings. The normalized spacial score (nSPS) is 11.5. The number of amides is 1. The molecule has 0 spiro atoms. The average molecular weight is 395 g/mol. The molecular weight excluding hydrogens is 372 g/mol. The second-order valence-electron chi connectivity index (χ2n) is 6.24. The summed E-state index contributed by atoms with van der Waals surface area (Å²) in [6, 6.07) is 14.9. The van der Waals surface area contributed by atoms with Gasteiger partial charge in [0.1, 0.15) is 0 Å². The second kappa shape index (κ2) is 9.16. The lowest BCUT2D eigenvalue weighted by molar-refractivity contribution is -0.121. The van der Waals surface area contributed by atoms with Crippen molar-refractivity contribution in [1.29, 1.82) is 0 Å². The first-order valence-corrected chi connectivity index (χ1v) is 10.5. The van der Waals surface area contributed by atoms with E-state index in [4.69, 9.17) is 11.6 Å². The largest absolute Gasteiger partial charge is 0.352 e. The van der Waals surface area contributed by atoms with E-state index in [9.17, 15) is 13.2 Å². The number of carbonyl (C=O) groups is 1. The molecule has 0 aliphatic rings. The van der Waals surface area contributed by atoms with Crippen molar-refractivity contribution in [3.63, 3.8) is 0 Å². The van der Waals surface area contributed by atoms with Crippen LogP contribution in [0.3, 0.4) is 0 Å². The summed E-state index contributed by atoms with van der Waals surface area (Å²) in [5, 5.41) is 3.43. The lowest BCUT2D eigenvalue weighted by atomic mass is 10.1. The van der Waals surface area contributed by atoms with Gasteiger partial charge in [0, 0.05) is 31.1 Å². The average Bonchev–Trinajstić information content (AvgIpc) is 2.57. The molecule has 7 heteroatoms. The van der Waals surface area contributed by atoms with E-state index in [0.717, 1.165) is 22.9 Å². The molecule has 0 aliphatic heterocycles. The number of rotatable bonds is 8. The van der Waals surface area contributed by atoms with Crippen LogP contribution < -0.4 is 5.32 Å². The number of benzene rings is 2. The number of aryl methyl sites for hydroxylation is 1. The minimum Gasteiger partial charge on any atom is -0.352 e. The number of carbonyl (C=O) groups excluding carboxylic acids is 1. The van der Waals surface area contributed by atoms with Crippen LogP contribution in [0.25, 0.3) is 0 Å². The number of halogens is 1. The third-order valence-corrected chi connectivity index (χ3v) is 5.40. The van der Waals surface area contributed by atoms with E-state index in [0.29, 0.717) is 11.6 Å². The maximum atomic E-state index is 12.1. The molecule has 1 N–H and O–H groups in total. The van der Waals surface area contributed by atoms with Gasteiger partial charge in [-0.05, 0) is 30.2 Å². The van der Waals surface area contributed by atoms with E-state index in [1.807, 2.05) is 43.3 Å². The van der Waals surface area contributed by atoms with Crippen molar-refractivity contribution in [2.45, 2.75) is 26.4 Å². The van der Waals surface area contributed by atoms with Gasteiger partial charge in [0.15, 0.2) is 0 Å². The quantitative estimate of drug-likeness (QED) is 0.748. The highest BCUT2D eigenvalue weighted by Crippen LogP contribution is 2.12. The molecule has 0 aromatic heterocycles. The van der Waals surface area contributed by atoms with Crippen LogP contribution in [0.2, 0.25) is 5.02 Å². The molecule has 0 aliphatic carbocycles. The van der Waals surface area contributed by atoms with Crippen LogP contribution >= 0.6 is 11.6 Å². The van der Waals surface area contributed by atoms with E-state index in [-0.39, 0.29) is 25.4 Å². The Morgan fingerprint density at radius 1 is 1.12 bits per heavy atom. The van der Waals surface area contributed by atoms with E-state index in [2.05, 4.69) is 5.32 Å². The Labute approximate surface area is 160 Å². The van der Waals surface area contributed by atoms with Crippen LogP contribution in [0, 0.1) is 6.92 Å². The van der Waals surface area contributed by atoms with Crippen LogP contribution in [0.4, 0.5) is 0 Å². The van der Waals surface area contributed by atoms with Crippen molar-refractivity contribution in [2.75, 3.05) is 12.8 Å². The number of hydrogen-bond acceptors (Lipinski definition) is 3. The smallest absolute Gasteiger partial charge is 0.221 e. The fraction of sp³-hybridized carbons (Fsp3) is 0.316. The third-order valence-electron chi connectivity index (χ3n) is 3.90. The van der Waals surface area contributed by atoms with Crippen LogP contribution in [0.15, 0.2) is 48.5 Å². The zero-order valence-corrected chi connectivity index (χ0v) is 16.5. The number of sulfonamides is 1. The summed E-state index contributed by atoms with van der Waals surface area (Å²) in [7, 11) is -3.40. The minimum absolute atomic E-state index is 0.104. The van der Waals surface area contributed by atoms with E-state index in [1.165, 1.54) is 4.31 Å². The third kappa shape index (κ3) is 6.78. The first-order chi connectivity index (χ1) is 12.2. The van der Waals surface area contributed by atoms with Gasteiger partial charge in [-0.3, -0.25) is 4.79 Å². The molecule has 2 rings (SSSR count). The Bertz CT molecular complexity index is 851. The standard InChI is InChI=1S/C19H23ClN2O3S/c1-15-4-3-5-17(12-15)14-22(26(2,24)25)11-10-19(23)21-13-16-6-8-18(20)9-7-16/h3-9,12H,10-11,13-14H2,1-2H3,(H,21,23). The van der Waals surface area contributed by atoms with E-state index >= 15 is 0 Å². The summed E-state index contributed by atoms with van der Waals surface area (Å²) < 4.78 is 25.4. The predicted octanol–water partition coefficient (Wildman–Crippen LogP) is 3.12. The van der Waals surface area contributed by atoms with Crippen LogP contribution in [-0.4, -0.2) is 31.4 Å². The monoisotopic (exact) mass is 394 g/mol. The fourth-order valence-corrected chi connectivity index (χ4v) is 3.43. The maximum Gasteiger partial charge on any atom is 0.221 e. The molecule has 0 bridgehead atoms. The molecule has 0 unspecified atom stereocenters.